The summed E-state index contributed by atoms with van der Waals surface area (Å²) in [5, 5.41) is 26.1. The fourth-order valence-electron chi connectivity index (χ4n) is 13.0. The van der Waals surface area contributed by atoms with Gasteiger partial charge in [0.05, 0.1) is 27.7 Å². The van der Waals surface area contributed by atoms with Crippen molar-refractivity contribution in [3.8, 4) is 34.8 Å². The van der Waals surface area contributed by atoms with Crippen molar-refractivity contribution in [1.29, 1.82) is 0 Å². The van der Waals surface area contributed by atoms with Gasteiger partial charge in [0.1, 0.15) is 22.0 Å². The molecule has 4 saturated carbocycles. The Morgan fingerprint density at radius 2 is 1.23 bits per heavy atom. The summed E-state index contributed by atoms with van der Waals surface area (Å²) >= 11 is 3.58. The number of aromatic nitrogens is 5. The van der Waals surface area contributed by atoms with Gasteiger partial charge in [0, 0.05) is 71.3 Å². The molecule has 2 N–H and O–H groups in total. The Hall–Kier alpha value is -5.86. The fraction of sp³-hybridized carbons (Fsp3) is 0.619. The predicted molar refractivity (Wildman–Crippen MR) is 321 cm³/mol. The molecule has 19 heteroatoms. The zero-order valence-corrected chi connectivity index (χ0v) is 51.1. The molecule has 1 unspecified atom stereocenters. The summed E-state index contributed by atoms with van der Waals surface area (Å²) in [7, 11) is 0. The molecular weight excluding hydrogens is 1090 g/mol. The van der Waals surface area contributed by atoms with E-state index in [4.69, 9.17) is 18.8 Å². The average molecular weight is 1170 g/mol. The van der Waals surface area contributed by atoms with Crippen LogP contribution in [0.4, 0.5) is 11.4 Å². The van der Waals surface area contributed by atoms with E-state index in [-0.39, 0.29) is 68.5 Å². The second kappa shape index (κ2) is 25.6. The molecule has 1 aliphatic heterocycles. The van der Waals surface area contributed by atoms with E-state index in [1.807, 2.05) is 54.8 Å². The largest absolute Gasteiger partial charge is 0.477 e. The number of rotatable bonds is 16. The zero-order chi connectivity index (χ0) is 57.9. The molecule has 82 heavy (non-hydrogen) atoms. The van der Waals surface area contributed by atoms with Gasteiger partial charge < -0.3 is 29.5 Å². The van der Waals surface area contributed by atoms with Crippen LogP contribution in [0.5, 0.6) is 11.1 Å². The lowest BCUT2D eigenvalue weighted by molar-refractivity contribution is -0.125. The number of nitrogens with zero attached hydrogens (tertiary/aromatic N) is 8. The van der Waals surface area contributed by atoms with Gasteiger partial charge in [-0.2, -0.15) is 9.36 Å². The van der Waals surface area contributed by atoms with Crippen LogP contribution in [0.3, 0.4) is 0 Å². The van der Waals surface area contributed by atoms with E-state index in [0.29, 0.717) is 108 Å². The molecule has 0 radical (unpaired) electrons. The van der Waals surface area contributed by atoms with Gasteiger partial charge in [0.2, 0.25) is 17.7 Å². The average Bonchev–Trinajstić information content (AvgIpc) is 4.48. The van der Waals surface area contributed by atoms with Crippen molar-refractivity contribution in [2.24, 2.45) is 40.4 Å². The highest BCUT2D eigenvalue weighted by molar-refractivity contribution is 7.15. The Labute approximate surface area is 494 Å². The van der Waals surface area contributed by atoms with Gasteiger partial charge in [0.25, 0.3) is 5.19 Å². The zero-order valence-electron chi connectivity index (χ0n) is 48.7. The minimum absolute atomic E-state index is 0.0250. The quantitative estimate of drug-likeness (QED) is 0.0888. The van der Waals surface area contributed by atoms with Crippen molar-refractivity contribution in [3.05, 3.63) is 62.0 Å². The van der Waals surface area contributed by atoms with E-state index in [9.17, 15) is 29.4 Å². The van der Waals surface area contributed by atoms with Crippen LogP contribution in [0, 0.1) is 64.1 Å². The molecule has 5 aromatic heterocycles. The summed E-state index contributed by atoms with van der Waals surface area (Å²) in [5.74, 6) is 13.8. The Morgan fingerprint density at radius 3 is 1.77 bits per heavy atom. The second-order valence-electron chi connectivity index (χ2n) is 25.8. The number of ether oxygens (including phenoxy) is 2. The third kappa shape index (κ3) is 14.7. The molecule has 5 aliphatic rings. The summed E-state index contributed by atoms with van der Waals surface area (Å²) in [6.45, 7) is 17.3. The van der Waals surface area contributed by atoms with E-state index in [1.165, 1.54) is 11.5 Å². The van der Waals surface area contributed by atoms with Crippen molar-refractivity contribution in [1.82, 2.24) is 28.9 Å². The van der Waals surface area contributed by atoms with Gasteiger partial charge in [-0.1, -0.05) is 37.5 Å². The lowest BCUT2D eigenvalue weighted by atomic mass is 9.81. The van der Waals surface area contributed by atoms with E-state index >= 15 is 0 Å². The monoisotopic (exact) mass is 1170 g/mol. The third-order valence-electron chi connectivity index (χ3n) is 17.4. The maximum absolute atomic E-state index is 14.7. The molecule has 5 aromatic rings. The minimum atomic E-state index is -1.05. The molecule has 438 valence electrons. The van der Waals surface area contributed by atoms with Crippen LogP contribution in [-0.2, 0) is 16.1 Å². The van der Waals surface area contributed by atoms with E-state index < -0.39 is 11.9 Å². The fourth-order valence-corrected chi connectivity index (χ4v) is 15.3. The van der Waals surface area contributed by atoms with Gasteiger partial charge in [-0.15, -0.1) is 27.8 Å². The van der Waals surface area contributed by atoms with Crippen LogP contribution in [0.15, 0.2) is 36.7 Å². The smallest absolute Gasteiger partial charge is 0.348 e. The first kappa shape index (κ1) is 59.3. The van der Waals surface area contributed by atoms with Crippen LogP contribution in [0.1, 0.15) is 199 Å². The first-order chi connectivity index (χ1) is 39.2. The summed E-state index contributed by atoms with van der Waals surface area (Å²) < 4.78 is 19.2. The standard InChI is InChI=1S/C63H80N8O8S3/c1-39-8-12-42(13-9-39)57(72)70(44-16-20-46(21-17-44)78-54-25-24-53-64-31-33-69(53)66-54)51-35-49(81-56(51)60(76)77)27-30-63(6,7)36-41-28-32-68(37-41)38-52-65-61(82-67-52)79-47-22-18-45(19-23-47)71(58(73)43-14-10-40(2)11-15-43)50-34-48(26-29-62(3,4)5)80-55(50)59(74)75/h24-25,31,33-35,39-47H,8-23,28,32,36-38H2,1-7H3,(H,74,75)(H,76,77). The topological polar surface area (TPSA) is 193 Å². The second-order valence-corrected chi connectivity index (χ2v) is 28.6. The van der Waals surface area contributed by atoms with Gasteiger partial charge in [-0.3, -0.25) is 14.5 Å². The number of anilines is 2. The van der Waals surface area contributed by atoms with Gasteiger partial charge in [-0.25, -0.2) is 19.1 Å². The molecule has 0 bridgehead atoms. The highest BCUT2D eigenvalue weighted by atomic mass is 32.1. The maximum atomic E-state index is 14.7. The number of thiophene rings is 2. The summed E-state index contributed by atoms with van der Waals surface area (Å²) in [4.78, 5) is 71.7. The number of carboxylic acids is 2. The lowest BCUT2D eigenvalue weighted by Crippen LogP contribution is -2.47. The van der Waals surface area contributed by atoms with Crippen LogP contribution in [-0.4, -0.2) is 100 Å². The Kier molecular flexibility index (Phi) is 18.5. The van der Waals surface area contributed by atoms with Crippen molar-refractivity contribution >= 4 is 75.0 Å². The first-order valence-corrected chi connectivity index (χ1v) is 32.3. The van der Waals surface area contributed by atoms with Crippen LogP contribution in [0.2, 0.25) is 0 Å². The van der Waals surface area contributed by atoms with E-state index in [0.717, 1.165) is 111 Å². The van der Waals surface area contributed by atoms with Crippen LogP contribution < -0.4 is 19.3 Å². The number of carbonyl (C=O) groups excluding carboxylic acids is 2. The van der Waals surface area contributed by atoms with Crippen molar-refractivity contribution in [3.63, 3.8) is 0 Å². The molecule has 6 heterocycles. The number of hydrogen-bond donors (Lipinski definition) is 2. The third-order valence-corrected chi connectivity index (χ3v) is 20.1. The highest BCUT2D eigenvalue weighted by Gasteiger charge is 2.41. The minimum Gasteiger partial charge on any atom is -0.477 e. The van der Waals surface area contributed by atoms with Gasteiger partial charge >= 0.3 is 11.9 Å². The number of amides is 2. The molecule has 1 saturated heterocycles. The highest BCUT2D eigenvalue weighted by Crippen LogP contribution is 2.42. The molecule has 16 nitrogen and oxygen atoms in total. The summed E-state index contributed by atoms with van der Waals surface area (Å²) in [5.41, 5.74) is 1.07. The number of likely N-dealkylation sites (tertiary alicyclic amines) is 1. The van der Waals surface area contributed by atoms with Gasteiger partial charge in [-0.05, 0) is 193 Å². The summed E-state index contributed by atoms with van der Waals surface area (Å²) in [6.07, 6.45) is 17.9. The number of aromatic carboxylic acids is 2. The number of carboxylic acid groups (broad SMARTS) is 2. The number of fused-ring (bicyclic) bond motifs is 1. The maximum Gasteiger partial charge on any atom is 0.348 e. The Bertz CT molecular complexity index is 3210. The van der Waals surface area contributed by atoms with E-state index in [1.54, 1.807) is 16.9 Å². The van der Waals surface area contributed by atoms with E-state index in [2.05, 4.69) is 66.4 Å². The first-order valence-electron chi connectivity index (χ1n) is 29.9. The van der Waals surface area contributed by atoms with Crippen molar-refractivity contribution in [2.45, 2.75) is 195 Å². The number of imidazole rings is 1. The molecule has 1 atom stereocenters. The summed E-state index contributed by atoms with van der Waals surface area (Å²) in [6, 6.07) is 7.08. The van der Waals surface area contributed by atoms with Crippen molar-refractivity contribution < 1.29 is 38.9 Å². The molecule has 10 rings (SSSR count). The Morgan fingerprint density at radius 1 is 0.695 bits per heavy atom. The van der Waals surface area contributed by atoms with Crippen molar-refractivity contribution in [2.75, 3.05) is 22.9 Å². The molecule has 5 fully saturated rings. The molecular formula is C63H80N8O8S3. The number of hydrogen-bond acceptors (Lipinski definition) is 14. The molecule has 2 amide bonds. The molecule has 0 spiro atoms. The predicted octanol–water partition coefficient (Wildman–Crippen LogP) is 12.9. The van der Waals surface area contributed by atoms with Gasteiger partial charge in [0.15, 0.2) is 11.5 Å². The molecule has 4 aliphatic carbocycles. The SMILES string of the molecule is CC1CCC(C(=O)N(c2cc(C#CC(C)(C)CC3CCN(Cc4nsc(OC5CCC(N(C(=O)C6CCC(C)CC6)c6cc(C#CC(C)(C)C)sc6C(=O)O)CC5)n4)C3)sc2C(=O)O)C2CCC(Oc3ccc4nccn4n3)CC2)CC1. The van der Waals surface area contributed by atoms with Crippen LogP contribution in [0.25, 0.3) is 5.65 Å². The molecule has 0 aromatic carbocycles. The Balaban J connectivity index is 0.743. The van der Waals surface area contributed by atoms with Crippen LogP contribution >= 0.6 is 34.2 Å². The number of carbonyl (C=O) groups is 4. The lowest BCUT2D eigenvalue weighted by Gasteiger charge is -2.39. The normalized spacial score (nSPS) is 25.3.